The summed E-state index contributed by atoms with van der Waals surface area (Å²) >= 11 is 9.24. The van der Waals surface area contributed by atoms with Gasteiger partial charge < -0.3 is 9.88 Å². The van der Waals surface area contributed by atoms with Gasteiger partial charge in [0.15, 0.2) is 0 Å². The molecule has 21 heavy (non-hydrogen) atoms. The van der Waals surface area contributed by atoms with Crippen LogP contribution in [0.25, 0.3) is 0 Å². The fourth-order valence-corrected chi connectivity index (χ4v) is 2.37. The van der Waals surface area contributed by atoms with Crippen LogP contribution in [0.2, 0.25) is 5.02 Å². The van der Waals surface area contributed by atoms with E-state index < -0.39 is 10.8 Å². The molecule has 1 heterocycles. The number of amides is 1. The number of benzene rings is 1. The monoisotopic (exact) mass is 371 g/mol. The fraction of sp³-hybridized carbons (Fsp3) is 0.154. The summed E-state index contributed by atoms with van der Waals surface area (Å²) in [6, 6.07) is 6.31. The molecule has 0 aliphatic rings. The molecular weight excluding hydrogens is 362 g/mol. The quantitative estimate of drug-likeness (QED) is 0.649. The molecular formula is C13H11BrClN3O3. The molecule has 1 aromatic carbocycles. The highest BCUT2D eigenvalue weighted by Crippen LogP contribution is 2.30. The van der Waals surface area contributed by atoms with Crippen molar-refractivity contribution in [1.29, 1.82) is 0 Å². The van der Waals surface area contributed by atoms with Gasteiger partial charge in [0.25, 0.3) is 11.6 Å². The Morgan fingerprint density at radius 3 is 2.86 bits per heavy atom. The lowest BCUT2D eigenvalue weighted by molar-refractivity contribution is -0.384. The van der Waals surface area contributed by atoms with E-state index in [9.17, 15) is 14.9 Å². The van der Waals surface area contributed by atoms with Crippen LogP contribution in [0.5, 0.6) is 0 Å². The summed E-state index contributed by atoms with van der Waals surface area (Å²) in [7, 11) is 0. The summed E-state index contributed by atoms with van der Waals surface area (Å²) < 4.78 is 2.08. The lowest BCUT2D eigenvalue weighted by Gasteiger charge is -2.09. The second kappa shape index (κ2) is 6.28. The molecule has 1 aromatic heterocycles. The first-order valence-electron chi connectivity index (χ1n) is 6.04. The van der Waals surface area contributed by atoms with Crippen molar-refractivity contribution in [1.82, 2.24) is 4.57 Å². The first kappa shape index (κ1) is 15.5. The van der Waals surface area contributed by atoms with E-state index in [2.05, 4.69) is 21.2 Å². The fourth-order valence-electron chi connectivity index (χ4n) is 1.83. The molecule has 0 aliphatic heterocycles. The maximum Gasteiger partial charge on any atom is 0.287 e. The number of nitro groups is 1. The highest BCUT2D eigenvalue weighted by molar-refractivity contribution is 9.10. The molecule has 0 atom stereocenters. The van der Waals surface area contributed by atoms with Gasteiger partial charge in [-0.25, -0.2) is 0 Å². The molecule has 0 fully saturated rings. The van der Waals surface area contributed by atoms with Crippen molar-refractivity contribution in [2.45, 2.75) is 13.5 Å². The molecule has 0 spiro atoms. The minimum atomic E-state index is -0.530. The van der Waals surface area contributed by atoms with Gasteiger partial charge in [-0.05, 0) is 35.0 Å². The standard InChI is InChI=1S/C13H11BrClN3O3/c1-2-17-7-8(18(20)21)6-11(17)13(19)16-10-5-3-4-9(15)12(10)14/h3-7H,2H2,1H3,(H,16,19). The van der Waals surface area contributed by atoms with E-state index in [1.807, 2.05) is 0 Å². The smallest absolute Gasteiger partial charge is 0.287 e. The zero-order chi connectivity index (χ0) is 15.6. The Kier molecular flexibility index (Phi) is 4.64. The number of halogens is 2. The van der Waals surface area contributed by atoms with Crippen molar-refractivity contribution in [2.75, 3.05) is 5.32 Å². The number of nitrogens with zero attached hydrogens (tertiary/aromatic N) is 2. The molecule has 110 valence electrons. The molecule has 0 aliphatic carbocycles. The van der Waals surface area contributed by atoms with Crippen LogP contribution < -0.4 is 5.32 Å². The number of nitrogens with one attached hydrogen (secondary N) is 1. The number of hydrogen-bond donors (Lipinski definition) is 1. The minimum absolute atomic E-state index is 0.118. The van der Waals surface area contributed by atoms with E-state index in [0.29, 0.717) is 21.7 Å². The Balaban J connectivity index is 2.32. The predicted octanol–water partition coefficient (Wildman–Crippen LogP) is 4.08. The predicted molar refractivity (Wildman–Crippen MR) is 83.9 cm³/mol. The van der Waals surface area contributed by atoms with E-state index in [1.165, 1.54) is 16.8 Å². The van der Waals surface area contributed by atoms with Crippen molar-refractivity contribution in [2.24, 2.45) is 0 Å². The molecule has 1 amide bonds. The van der Waals surface area contributed by atoms with E-state index in [1.54, 1.807) is 25.1 Å². The van der Waals surface area contributed by atoms with Crippen LogP contribution in [-0.4, -0.2) is 15.4 Å². The van der Waals surface area contributed by atoms with Gasteiger partial charge in [0.05, 0.1) is 26.3 Å². The number of anilines is 1. The molecule has 2 rings (SSSR count). The van der Waals surface area contributed by atoms with Gasteiger partial charge in [-0.2, -0.15) is 0 Å². The van der Waals surface area contributed by atoms with Crippen LogP contribution in [0.4, 0.5) is 11.4 Å². The zero-order valence-corrected chi connectivity index (χ0v) is 13.3. The summed E-state index contributed by atoms with van der Waals surface area (Å²) in [6.45, 7) is 2.25. The largest absolute Gasteiger partial charge is 0.337 e. The van der Waals surface area contributed by atoms with Crippen LogP contribution in [-0.2, 0) is 6.54 Å². The number of aromatic nitrogens is 1. The van der Waals surface area contributed by atoms with Crippen molar-refractivity contribution >= 4 is 44.8 Å². The topological polar surface area (TPSA) is 77.2 Å². The van der Waals surface area contributed by atoms with Gasteiger partial charge in [0.1, 0.15) is 5.69 Å². The second-order valence-electron chi connectivity index (χ2n) is 4.18. The molecule has 0 bridgehead atoms. The van der Waals surface area contributed by atoms with E-state index >= 15 is 0 Å². The lowest BCUT2D eigenvalue weighted by atomic mass is 10.3. The van der Waals surface area contributed by atoms with Gasteiger partial charge in [-0.3, -0.25) is 14.9 Å². The third-order valence-corrected chi connectivity index (χ3v) is 4.26. The average molecular weight is 373 g/mol. The van der Waals surface area contributed by atoms with Crippen molar-refractivity contribution in [3.63, 3.8) is 0 Å². The van der Waals surface area contributed by atoms with E-state index in [0.717, 1.165) is 0 Å². The summed E-state index contributed by atoms with van der Waals surface area (Å²) in [5.74, 6) is -0.437. The molecule has 2 aromatic rings. The Bertz CT molecular complexity index is 715. The van der Waals surface area contributed by atoms with Gasteiger partial charge in [0, 0.05) is 12.6 Å². The number of hydrogen-bond acceptors (Lipinski definition) is 3. The van der Waals surface area contributed by atoms with Gasteiger partial charge >= 0.3 is 0 Å². The third-order valence-electron chi connectivity index (χ3n) is 2.87. The molecule has 0 saturated carbocycles. The van der Waals surface area contributed by atoms with Crippen molar-refractivity contribution in [3.8, 4) is 0 Å². The van der Waals surface area contributed by atoms with Crippen molar-refractivity contribution < 1.29 is 9.72 Å². The van der Waals surface area contributed by atoms with Crippen LogP contribution in [0.15, 0.2) is 34.9 Å². The normalized spacial score (nSPS) is 10.4. The first-order chi connectivity index (χ1) is 9.93. The van der Waals surface area contributed by atoms with Crippen LogP contribution in [0, 0.1) is 10.1 Å². The highest BCUT2D eigenvalue weighted by Gasteiger charge is 2.19. The van der Waals surface area contributed by atoms with E-state index in [4.69, 9.17) is 11.6 Å². The summed E-state index contributed by atoms with van der Waals surface area (Å²) in [4.78, 5) is 22.5. The Morgan fingerprint density at radius 1 is 1.52 bits per heavy atom. The van der Waals surface area contributed by atoms with Gasteiger partial charge in [-0.15, -0.1) is 0 Å². The minimum Gasteiger partial charge on any atom is -0.337 e. The third kappa shape index (κ3) is 3.25. The molecule has 0 saturated heterocycles. The van der Waals surface area contributed by atoms with Gasteiger partial charge in [0.2, 0.25) is 0 Å². The van der Waals surface area contributed by atoms with Crippen LogP contribution >= 0.6 is 27.5 Å². The number of carbonyl (C=O) groups excluding carboxylic acids is 1. The number of rotatable bonds is 4. The average Bonchev–Trinajstić information content (AvgIpc) is 2.88. The molecule has 1 N–H and O–H groups in total. The molecule has 0 radical (unpaired) electrons. The summed E-state index contributed by atoms with van der Waals surface area (Å²) in [6.07, 6.45) is 1.34. The maximum absolute atomic E-state index is 12.3. The zero-order valence-electron chi connectivity index (χ0n) is 11.0. The van der Waals surface area contributed by atoms with Crippen LogP contribution in [0.1, 0.15) is 17.4 Å². The Labute approximate surface area is 134 Å². The number of aryl methyl sites for hydroxylation is 1. The van der Waals surface area contributed by atoms with Gasteiger partial charge in [-0.1, -0.05) is 17.7 Å². The van der Waals surface area contributed by atoms with Crippen LogP contribution in [0.3, 0.4) is 0 Å². The Hall–Kier alpha value is -1.86. The first-order valence-corrected chi connectivity index (χ1v) is 7.21. The second-order valence-corrected chi connectivity index (χ2v) is 5.38. The highest BCUT2D eigenvalue weighted by atomic mass is 79.9. The lowest BCUT2D eigenvalue weighted by Crippen LogP contribution is -2.16. The number of carbonyl (C=O) groups is 1. The summed E-state index contributed by atoms with van der Waals surface area (Å²) in [5, 5.41) is 13.9. The SMILES string of the molecule is CCn1cc([N+](=O)[O-])cc1C(=O)Nc1cccc(Cl)c1Br. The maximum atomic E-state index is 12.3. The Morgan fingerprint density at radius 2 is 2.24 bits per heavy atom. The summed E-state index contributed by atoms with van der Waals surface area (Å²) in [5.41, 5.74) is 0.599. The van der Waals surface area contributed by atoms with E-state index in [-0.39, 0.29) is 11.4 Å². The molecule has 8 heteroatoms. The molecule has 6 nitrogen and oxygen atoms in total. The molecule has 0 unspecified atom stereocenters. The van der Waals surface area contributed by atoms with Crippen molar-refractivity contribution in [3.05, 3.63) is 55.8 Å².